The zero-order valence-electron chi connectivity index (χ0n) is 17.1. The Labute approximate surface area is 182 Å². The minimum atomic E-state index is -1.52. The number of aryl methyl sites for hydroxylation is 2. The lowest BCUT2D eigenvalue weighted by atomic mass is 9.97. The van der Waals surface area contributed by atoms with Crippen LogP contribution in [0.5, 0.6) is 0 Å². The summed E-state index contributed by atoms with van der Waals surface area (Å²) in [4.78, 5) is 56.9. The summed E-state index contributed by atoms with van der Waals surface area (Å²) in [5, 5.41) is 2.95. The number of ether oxygens (including phenoxy) is 1. The number of anilines is 1. The number of nitrogens with one attached hydrogen (secondary N) is 2. The maximum atomic E-state index is 12.8. The number of methoxy groups -OCH3 is 1. The van der Waals surface area contributed by atoms with Gasteiger partial charge in [0.15, 0.2) is 0 Å². The van der Waals surface area contributed by atoms with Gasteiger partial charge in [0, 0.05) is 17.1 Å². The summed E-state index contributed by atoms with van der Waals surface area (Å²) < 4.78 is 4.69. The van der Waals surface area contributed by atoms with Crippen molar-refractivity contribution in [1.29, 1.82) is 0 Å². The first kappa shape index (κ1) is 22.2. The van der Waals surface area contributed by atoms with Gasteiger partial charge in [-0.25, -0.2) is 4.98 Å². The van der Waals surface area contributed by atoms with E-state index in [2.05, 4.69) is 15.3 Å². The van der Waals surface area contributed by atoms with E-state index in [1.165, 1.54) is 6.07 Å². The summed E-state index contributed by atoms with van der Waals surface area (Å²) in [6.45, 7) is 3.63. The van der Waals surface area contributed by atoms with Crippen molar-refractivity contribution in [3.05, 3.63) is 68.6 Å². The molecular weight excluding hydrogens is 422 g/mol. The summed E-state index contributed by atoms with van der Waals surface area (Å²) in [6.07, 6.45) is -0.389. The molecule has 0 aliphatic rings. The Morgan fingerprint density at radius 2 is 1.90 bits per heavy atom. The van der Waals surface area contributed by atoms with Crippen molar-refractivity contribution in [2.45, 2.75) is 20.3 Å². The molecule has 0 aliphatic heterocycles. The first-order chi connectivity index (χ1) is 14.7. The number of halogens is 1. The number of amides is 1. The second kappa shape index (κ2) is 9.09. The molecular formula is C22H20ClN3O5. The molecule has 1 atom stereocenters. The van der Waals surface area contributed by atoms with Crippen LogP contribution in [0.1, 0.15) is 16.8 Å². The third-order valence-corrected chi connectivity index (χ3v) is 5.02. The molecule has 2 N–H and O–H groups in total. The zero-order valence-corrected chi connectivity index (χ0v) is 17.9. The number of Topliss-reactive ketones (excluding diaryl/α,β-unsaturated/α-hetero) is 1. The third-order valence-electron chi connectivity index (χ3n) is 4.79. The van der Waals surface area contributed by atoms with Crippen LogP contribution in [-0.4, -0.2) is 34.7 Å². The average Bonchev–Trinajstić information content (AvgIpc) is 2.73. The normalized spacial score (nSPS) is 11.7. The highest BCUT2D eigenvalue weighted by atomic mass is 35.5. The van der Waals surface area contributed by atoms with Gasteiger partial charge in [-0.1, -0.05) is 23.7 Å². The van der Waals surface area contributed by atoms with Gasteiger partial charge in [-0.05, 0) is 49.2 Å². The number of nitrogens with zero attached hydrogens (tertiary/aromatic N) is 1. The number of fused-ring (bicyclic) bond motifs is 1. The Morgan fingerprint density at radius 3 is 2.61 bits per heavy atom. The van der Waals surface area contributed by atoms with Crippen LogP contribution in [-0.2, 0) is 25.5 Å². The van der Waals surface area contributed by atoms with E-state index in [0.29, 0.717) is 21.7 Å². The number of ketones is 1. The number of esters is 1. The van der Waals surface area contributed by atoms with Gasteiger partial charge >= 0.3 is 5.97 Å². The summed E-state index contributed by atoms with van der Waals surface area (Å²) in [5.41, 5.74) is 2.28. The molecule has 160 valence electrons. The van der Waals surface area contributed by atoms with E-state index in [9.17, 15) is 19.2 Å². The lowest BCUT2D eigenvalue weighted by Gasteiger charge is -2.14. The van der Waals surface area contributed by atoms with Crippen LogP contribution in [0, 0.1) is 19.8 Å². The topological polar surface area (TPSA) is 118 Å². The Hall–Kier alpha value is -3.52. The summed E-state index contributed by atoms with van der Waals surface area (Å²) in [5.74, 6) is -4.45. The van der Waals surface area contributed by atoms with E-state index in [-0.39, 0.29) is 12.1 Å². The molecule has 1 heterocycles. The Kier molecular flexibility index (Phi) is 6.50. The van der Waals surface area contributed by atoms with E-state index >= 15 is 0 Å². The molecule has 0 saturated carbocycles. The maximum Gasteiger partial charge on any atom is 0.317 e. The van der Waals surface area contributed by atoms with Gasteiger partial charge in [-0.3, -0.25) is 19.2 Å². The number of H-pyrrole nitrogens is 1. The van der Waals surface area contributed by atoms with Crippen molar-refractivity contribution >= 4 is 46.0 Å². The highest BCUT2D eigenvalue weighted by molar-refractivity contribution is 6.44. The predicted molar refractivity (Wildman–Crippen MR) is 116 cm³/mol. The first-order valence-corrected chi connectivity index (χ1v) is 9.76. The van der Waals surface area contributed by atoms with Gasteiger partial charge < -0.3 is 15.0 Å². The summed E-state index contributed by atoms with van der Waals surface area (Å²) in [6, 6.07) is 10.1. The van der Waals surface area contributed by atoms with Crippen molar-refractivity contribution in [2.24, 2.45) is 5.92 Å². The van der Waals surface area contributed by atoms with Crippen LogP contribution in [0.15, 0.2) is 41.2 Å². The number of hydrogen-bond donors (Lipinski definition) is 2. The van der Waals surface area contributed by atoms with Crippen molar-refractivity contribution in [3.8, 4) is 0 Å². The highest BCUT2D eigenvalue weighted by Crippen LogP contribution is 2.19. The fraction of sp³-hybridized carbons (Fsp3) is 0.227. The fourth-order valence-corrected chi connectivity index (χ4v) is 3.24. The Balaban J connectivity index is 1.90. The number of aromatic amines is 1. The molecule has 0 unspecified atom stereocenters. The van der Waals surface area contributed by atoms with Crippen molar-refractivity contribution in [1.82, 2.24) is 9.97 Å². The van der Waals surface area contributed by atoms with E-state index in [4.69, 9.17) is 16.3 Å². The predicted octanol–water partition coefficient (Wildman–Crippen LogP) is 2.73. The van der Waals surface area contributed by atoms with Gasteiger partial charge in [0.05, 0.1) is 18.1 Å². The molecule has 0 aliphatic carbocycles. The fourth-order valence-electron chi connectivity index (χ4n) is 3.07. The minimum absolute atomic E-state index is 0.0712. The molecule has 8 nitrogen and oxygen atoms in total. The Bertz CT molecular complexity index is 1250. The largest absolute Gasteiger partial charge is 0.468 e. The van der Waals surface area contributed by atoms with E-state index < -0.39 is 29.1 Å². The minimum Gasteiger partial charge on any atom is -0.468 e. The number of aromatic nitrogens is 2. The van der Waals surface area contributed by atoms with E-state index in [1.54, 1.807) is 31.2 Å². The molecule has 3 aromatic rings. The molecule has 0 radical (unpaired) electrons. The van der Waals surface area contributed by atoms with E-state index in [0.717, 1.165) is 18.2 Å². The van der Waals surface area contributed by atoms with Crippen molar-refractivity contribution < 1.29 is 19.1 Å². The third kappa shape index (κ3) is 4.97. The van der Waals surface area contributed by atoms with Crippen LogP contribution in [0.3, 0.4) is 0 Å². The van der Waals surface area contributed by atoms with Crippen LogP contribution >= 0.6 is 11.6 Å². The average molecular weight is 442 g/mol. The lowest BCUT2D eigenvalue weighted by molar-refractivity contribution is -0.152. The Morgan fingerprint density at radius 1 is 1.16 bits per heavy atom. The maximum absolute atomic E-state index is 12.8. The molecule has 31 heavy (non-hydrogen) atoms. The van der Waals surface area contributed by atoms with Crippen LogP contribution < -0.4 is 10.9 Å². The SMILES string of the molecule is COC(=O)[C@H](Cc1nc2ccc(Cl)cc2[nH]c1=O)C(=O)C(=O)Nc1cc(C)ccc1C. The smallest absolute Gasteiger partial charge is 0.317 e. The van der Waals surface area contributed by atoms with Gasteiger partial charge in [-0.2, -0.15) is 0 Å². The summed E-state index contributed by atoms with van der Waals surface area (Å²) >= 11 is 5.92. The van der Waals surface area contributed by atoms with Gasteiger partial charge in [-0.15, -0.1) is 0 Å². The zero-order chi connectivity index (χ0) is 22.7. The van der Waals surface area contributed by atoms with E-state index in [1.807, 2.05) is 13.0 Å². The van der Waals surface area contributed by atoms with Crippen molar-refractivity contribution in [3.63, 3.8) is 0 Å². The highest BCUT2D eigenvalue weighted by Gasteiger charge is 2.34. The molecule has 0 fully saturated rings. The lowest BCUT2D eigenvalue weighted by Crippen LogP contribution is -2.37. The standard InChI is InChI=1S/C22H20ClN3O5/c1-11-4-5-12(2)16(8-11)25-21(29)19(27)14(22(30)31-3)10-18-20(28)26-17-9-13(23)6-7-15(17)24-18/h4-9,14H,10H2,1-3H3,(H,25,29)(H,26,28)/t14-/m1/s1. The number of rotatable bonds is 6. The number of benzene rings is 2. The number of hydrogen-bond acceptors (Lipinski definition) is 6. The van der Waals surface area contributed by atoms with Crippen LogP contribution in [0.25, 0.3) is 11.0 Å². The molecule has 9 heteroatoms. The molecule has 0 spiro atoms. The van der Waals surface area contributed by atoms with Gasteiger partial charge in [0.2, 0.25) is 5.78 Å². The summed E-state index contributed by atoms with van der Waals surface area (Å²) in [7, 11) is 1.10. The monoisotopic (exact) mass is 441 g/mol. The van der Waals surface area contributed by atoms with Crippen molar-refractivity contribution in [2.75, 3.05) is 12.4 Å². The number of carbonyl (C=O) groups excluding carboxylic acids is 3. The van der Waals surface area contributed by atoms with Gasteiger partial charge in [0.25, 0.3) is 11.5 Å². The second-order valence-electron chi connectivity index (χ2n) is 7.09. The molecule has 2 aromatic carbocycles. The molecule has 1 amide bonds. The van der Waals surface area contributed by atoms with Crippen LogP contribution in [0.2, 0.25) is 5.02 Å². The van der Waals surface area contributed by atoms with Gasteiger partial charge in [0.1, 0.15) is 11.6 Å². The molecule has 0 saturated heterocycles. The quantitative estimate of drug-likeness (QED) is 0.345. The molecule has 1 aromatic heterocycles. The van der Waals surface area contributed by atoms with Crippen LogP contribution in [0.4, 0.5) is 5.69 Å². The number of carbonyl (C=O) groups is 3. The molecule has 3 rings (SSSR count). The second-order valence-corrected chi connectivity index (χ2v) is 7.53. The first-order valence-electron chi connectivity index (χ1n) is 9.38. The molecule has 0 bridgehead atoms.